The van der Waals surface area contributed by atoms with E-state index in [1.165, 1.54) is 23.3 Å². The van der Waals surface area contributed by atoms with Crippen LogP contribution in [0.5, 0.6) is 0 Å². The van der Waals surface area contributed by atoms with Crippen LogP contribution in [0.15, 0.2) is 18.2 Å². The van der Waals surface area contributed by atoms with Crippen LogP contribution in [0, 0.1) is 0 Å². The van der Waals surface area contributed by atoms with Crippen LogP contribution in [0.4, 0.5) is 5.13 Å². The maximum atomic E-state index is 12.0. The fourth-order valence-electron chi connectivity index (χ4n) is 1.80. The Morgan fingerprint density at radius 1 is 1.33 bits per heavy atom. The van der Waals surface area contributed by atoms with E-state index in [0.29, 0.717) is 15.7 Å². The number of nitrogens with two attached hydrogens (primary N) is 1. The average Bonchev–Trinajstić information content (AvgIpc) is 2.92. The molecule has 0 saturated heterocycles. The summed E-state index contributed by atoms with van der Waals surface area (Å²) in [5, 5.41) is 5.98. The molecule has 2 aromatic rings. The van der Waals surface area contributed by atoms with Crippen LogP contribution in [-0.2, 0) is 14.4 Å². The number of benzene rings is 1. The molecule has 0 saturated carbocycles. The number of aromatic nitrogens is 1. The van der Waals surface area contributed by atoms with Gasteiger partial charge >= 0.3 is 0 Å². The van der Waals surface area contributed by atoms with Crippen LogP contribution >= 0.6 is 22.9 Å². The molecule has 0 fully saturated rings. The Kier molecular flexibility index (Phi) is 6.07. The van der Waals surface area contributed by atoms with Crippen molar-refractivity contribution in [3.63, 3.8) is 0 Å². The Morgan fingerprint density at radius 2 is 2.08 bits per heavy atom. The lowest BCUT2D eigenvalue weighted by atomic mass is 10.3. The number of hydrogen-bond donors (Lipinski definition) is 3. The molecule has 0 aliphatic carbocycles. The van der Waals surface area contributed by atoms with Crippen molar-refractivity contribution in [2.45, 2.75) is 0 Å². The predicted octanol–water partition coefficient (Wildman–Crippen LogP) is 0.421. The monoisotopic (exact) mass is 369 g/mol. The minimum atomic E-state index is -0.436. The summed E-state index contributed by atoms with van der Waals surface area (Å²) < 4.78 is 0.892. The molecule has 3 amide bonds. The van der Waals surface area contributed by atoms with Gasteiger partial charge in [-0.2, -0.15) is 0 Å². The Bertz CT molecular complexity index is 779. The number of thiazole rings is 1. The molecule has 0 spiro atoms. The first-order valence-corrected chi connectivity index (χ1v) is 8.15. The number of likely N-dealkylation sites (N-methyl/N-ethyl adjacent to an activating group) is 1. The fourth-order valence-corrected chi connectivity index (χ4v) is 2.83. The molecular formula is C14H16ClN5O3S. The molecule has 0 bridgehead atoms. The van der Waals surface area contributed by atoms with E-state index >= 15 is 0 Å². The molecule has 8 nitrogen and oxygen atoms in total. The number of nitrogens with one attached hydrogen (secondary N) is 2. The summed E-state index contributed by atoms with van der Waals surface area (Å²) in [4.78, 5) is 40.3. The summed E-state index contributed by atoms with van der Waals surface area (Å²) in [5.74, 6) is -1.22. The average molecular weight is 370 g/mol. The maximum absolute atomic E-state index is 12.0. The zero-order chi connectivity index (χ0) is 17.7. The van der Waals surface area contributed by atoms with E-state index in [2.05, 4.69) is 15.6 Å². The molecule has 0 atom stereocenters. The zero-order valence-electron chi connectivity index (χ0n) is 12.8. The lowest BCUT2D eigenvalue weighted by molar-refractivity contribution is -0.134. The first-order chi connectivity index (χ1) is 11.4. The number of halogens is 1. The molecule has 4 N–H and O–H groups in total. The van der Waals surface area contributed by atoms with Gasteiger partial charge in [0.15, 0.2) is 5.13 Å². The van der Waals surface area contributed by atoms with Gasteiger partial charge in [0.25, 0.3) is 0 Å². The normalized spacial score (nSPS) is 10.5. The van der Waals surface area contributed by atoms with Crippen molar-refractivity contribution in [3.05, 3.63) is 23.2 Å². The first-order valence-electron chi connectivity index (χ1n) is 6.95. The largest absolute Gasteiger partial charge is 0.346 e. The summed E-state index contributed by atoms with van der Waals surface area (Å²) in [6.45, 7) is -0.563. The topological polar surface area (TPSA) is 117 Å². The van der Waals surface area contributed by atoms with Crippen molar-refractivity contribution in [1.82, 2.24) is 15.2 Å². The summed E-state index contributed by atoms with van der Waals surface area (Å²) in [5.41, 5.74) is 5.82. The van der Waals surface area contributed by atoms with Gasteiger partial charge in [-0.15, -0.1) is 0 Å². The highest BCUT2D eigenvalue weighted by Gasteiger charge is 2.15. The van der Waals surface area contributed by atoms with E-state index < -0.39 is 11.8 Å². The lowest BCUT2D eigenvalue weighted by Gasteiger charge is -2.16. The molecule has 1 heterocycles. The summed E-state index contributed by atoms with van der Waals surface area (Å²) in [6.07, 6.45) is 0. The first kappa shape index (κ1) is 18.1. The minimum absolute atomic E-state index is 0.159. The summed E-state index contributed by atoms with van der Waals surface area (Å²) in [7, 11) is 1.47. The number of fused-ring (bicyclic) bond motifs is 1. The number of hydrogen-bond acceptors (Lipinski definition) is 6. The van der Waals surface area contributed by atoms with Gasteiger partial charge < -0.3 is 21.3 Å². The van der Waals surface area contributed by atoms with Crippen LogP contribution in [0.2, 0.25) is 5.02 Å². The standard InChI is InChI=1S/C14H16ClN5O3S/c1-20(13(23)6-17-11(21)5-16)7-12(22)19-14-18-9-4-8(15)2-3-10(9)24-14/h2-4H,5-7,16H2,1H3,(H,17,21)(H,18,19,22). The van der Waals surface area contributed by atoms with Gasteiger partial charge in [-0.05, 0) is 18.2 Å². The molecule has 24 heavy (non-hydrogen) atoms. The second-order valence-electron chi connectivity index (χ2n) is 4.91. The number of anilines is 1. The third kappa shape index (κ3) is 4.88. The van der Waals surface area contributed by atoms with Crippen molar-refractivity contribution in [3.8, 4) is 0 Å². The molecule has 0 aliphatic heterocycles. The van der Waals surface area contributed by atoms with Gasteiger partial charge in [0.1, 0.15) is 0 Å². The number of amides is 3. The van der Waals surface area contributed by atoms with Crippen molar-refractivity contribution in [1.29, 1.82) is 0 Å². The summed E-state index contributed by atoms with van der Waals surface area (Å²) >= 11 is 7.21. The van der Waals surface area contributed by atoms with Crippen LogP contribution in [0.1, 0.15) is 0 Å². The SMILES string of the molecule is CN(CC(=O)Nc1nc2cc(Cl)ccc2s1)C(=O)CNC(=O)CN. The molecular weight excluding hydrogens is 354 g/mol. The Balaban J connectivity index is 1.89. The van der Waals surface area contributed by atoms with Gasteiger partial charge in [0, 0.05) is 12.1 Å². The van der Waals surface area contributed by atoms with Crippen LogP contribution in [0.25, 0.3) is 10.2 Å². The number of nitrogens with zero attached hydrogens (tertiary/aromatic N) is 2. The Hall–Kier alpha value is -2.23. The molecule has 128 valence electrons. The Labute approximate surface area is 147 Å². The maximum Gasteiger partial charge on any atom is 0.245 e. The van der Waals surface area contributed by atoms with Crippen molar-refractivity contribution < 1.29 is 14.4 Å². The van der Waals surface area contributed by atoms with Crippen LogP contribution < -0.4 is 16.4 Å². The van der Waals surface area contributed by atoms with Crippen molar-refractivity contribution in [2.24, 2.45) is 5.73 Å². The molecule has 0 aliphatic rings. The fraction of sp³-hybridized carbons (Fsp3) is 0.286. The molecule has 10 heteroatoms. The highest BCUT2D eigenvalue weighted by Crippen LogP contribution is 2.27. The van der Waals surface area contributed by atoms with Gasteiger partial charge in [0.2, 0.25) is 17.7 Å². The lowest BCUT2D eigenvalue weighted by Crippen LogP contribution is -2.42. The third-order valence-corrected chi connectivity index (χ3v) is 4.21. The smallest absolute Gasteiger partial charge is 0.245 e. The molecule has 1 aromatic heterocycles. The number of rotatable bonds is 6. The minimum Gasteiger partial charge on any atom is -0.346 e. The third-order valence-electron chi connectivity index (χ3n) is 3.02. The van der Waals surface area contributed by atoms with E-state index in [9.17, 15) is 14.4 Å². The van der Waals surface area contributed by atoms with E-state index in [1.54, 1.807) is 12.1 Å². The predicted molar refractivity (Wildman–Crippen MR) is 93.0 cm³/mol. The quantitative estimate of drug-likeness (QED) is 0.682. The van der Waals surface area contributed by atoms with Gasteiger partial charge in [-0.1, -0.05) is 22.9 Å². The Morgan fingerprint density at radius 3 is 2.79 bits per heavy atom. The highest BCUT2D eigenvalue weighted by atomic mass is 35.5. The summed E-state index contributed by atoms with van der Waals surface area (Å²) in [6, 6.07) is 5.27. The van der Waals surface area contributed by atoms with E-state index in [0.717, 1.165) is 4.70 Å². The molecule has 0 unspecified atom stereocenters. The van der Waals surface area contributed by atoms with Gasteiger partial charge in [-0.25, -0.2) is 4.98 Å². The van der Waals surface area contributed by atoms with E-state index in [-0.39, 0.29) is 25.5 Å². The van der Waals surface area contributed by atoms with Gasteiger partial charge in [0.05, 0.1) is 29.9 Å². The second kappa shape index (κ2) is 8.04. The zero-order valence-corrected chi connectivity index (χ0v) is 14.4. The number of carbonyl (C=O) groups is 3. The second-order valence-corrected chi connectivity index (χ2v) is 6.38. The van der Waals surface area contributed by atoms with E-state index in [1.807, 2.05) is 6.07 Å². The van der Waals surface area contributed by atoms with Crippen molar-refractivity contribution in [2.75, 3.05) is 32.0 Å². The van der Waals surface area contributed by atoms with E-state index in [4.69, 9.17) is 17.3 Å². The molecule has 0 radical (unpaired) electrons. The molecule has 2 rings (SSSR count). The molecule has 1 aromatic carbocycles. The number of carbonyl (C=O) groups excluding carboxylic acids is 3. The van der Waals surface area contributed by atoms with Crippen molar-refractivity contribution >= 4 is 56.0 Å². The van der Waals surface area contributed by atoms with Crippen LogP contribution in [-0.4, -0.2) is 54.3 Å². The van der Waals surface area contributed by atoms with Gasteiger partial charge in [-0.3, -0.25) is 14.4 Å². The van der Waals surface area contributed by atoms with Crippen LogP contribution in [0.3, 0.4) is 0 Å². The highest BCUT2D eigenvalue weighted by molar-refractivity contribution is 7.22.